The minimum Gasteiger partial charge on any atom is -0.461 e. The first-order valence-electron chi connectivity index (χ1n) is 8.81. The van der Waals surface area contributed by atoms with Gasteiger partial charge in [-0.1, -0.05) is 67.4 Å². The van der Waals surface area contributed by atoms with E-state index in [-0.39, 0.29) is 34.3 Å². The number of halogens is 2. The highest BCUT2D eigenvalue weighted by molar-refractivity contribution is 6.56. The highest BCUT2D eigenvalue weighted by atomic mass is 35.5. The Morgan fingerprint density at radius 2 is 1.67 bits per heavy atom. The molecule has 0 spiro atoms. The summed E-state index contributed by atoms with van der Waals surface area (Å²) < 4.78 is 11.6. The molecule has 1 saturated carbocycles. The molecule has 1 aliphatic rings. The van der Waals surface area contributed by atoms with Gasteiger partial charge in [0.2, 0.25) is 0 Å². The Morgan fingerprint density at radius 1 is 1.00 bits per heavy atom. The number of hydrogen-bond acceptors (Lipinski definition) is 3. The average Bonchev–Trinajstić information content (AvgIpc) is 3.22. The summed E-state index contributed by atoms with van der Waals surface area (Å²) in [6, 6.07) is 17.1. The second-order valence-corrected chi connectivity index (χ2v) is 8.34. The molecule has 142 valence electrons. The minimum absolute atomic E-state index is 0.0164. The Bertz CT molecular complexity index is 855. The molecular formula is C22H22Cl2O3. The van der Waals surface area contributed by atoms with Gasteiger partial charge in [0.05, 0.1) is 5.92 Å². The van der Waals surface area contributed by atoms with Crippen molar-refractivity contribution in [1.82, 2.24) is 0 Å². The second-order valence-electron chi connectivity index (χ2n) is 7.39. The molecule has 0 radical (unpaired) electrons. The molecule has 0 amide bonds. The molecule has 2 aromatic rings. The van der Waals surface area contributed by atoms with E-state index in [2.05, 4.69) is 0 Å². The monoisotopic (exact) mass is 404 g/mol. The van der Waals surface area contributed by atoms with Crippen molar-refractivity contribution in [2.75, 3.05) is 0 Å². The van der Waals surface area contributed by atoms with Gasteiger partial charge in [-0.25, -0.2) is 0 Å². The zero-order valence-electron chi connectivity index (χ0n) is 15.5. The number of ether oxygens (including phenoxy) is 2. The predicted octanol–water partition coefficient (Wildman–Crippen LogP) is 6.50. The Labute approximate surface area is 169 Å². The molecule has 27 heavy (non-hydrogen) atoms. The molecule has 0 heterocycles. The fourth-order valence-electron chi connectivity index (χ4n) is 3.57. The van der Waals surface area contributed by atoms with E-state index in [0.29, 0.717) is 5.75 Å². The van der Waals surface area contributed by atoms with Crippen molar-refractivity contribution in [2.24, 2.45) is 17.3 Å². The standard InChI is InChI=1S/C22H22Cl2O3/c1-14(20(23)24)18-19(22(18,2)3)21(25)26-13-15-8-7-11-17(12-15)27-16-9-5-4-6-10-16/h4-12,18-19H,13H2,1-3H3/t18-,19-/m1/s1. The first-order valence-corrected chi connectivity index (χ1v) is 9.56. The van der Waals surface area contributed by atoms with Crippen molar-refractivity contribution >= 4 is 29.2 Å². The smallest absolute Gasteiger partial charge is 0.310 e. The van der Waals surface area contributed by atoms with Gasteiger partial charge in [-0.15, -0.1) is 0 Å². The van der Waals surface area contributed by atoms with E-state index in [1.807, 2.05) is 75.4 Å². The molecule has 1 fully saturated rings. The van der Waals surface area contributed by atoms with Gasteiger partial charge in [-0.05, 0) is 47.7 Å². The molecular weight excluding hydrogens is 383 g/mol. The van der Waals surface area contributed by atoms with E-state index >= 15 is 0 Å². The van der Waals surface area contributed by atoms with Gasteiger partial charge in [-0.3, -0.25) is 4.79 Å². The van der Waals surface area contributed by atoms with Crippen molar-refractivity contribution in [3.05, 3.63) is 70.2 Å². The van der Waals surface area contributed by atoms with Crippen LogP contribution in [0.3, 0.4) is 0 Å². The molecule has 0 N–H and O–H groups in total. The lowest BCUT2D eigenvalue weighted by Crippen LogP contribution is -2.10. The zero-order valence-corrected chi connectivity index (χ0v) is 17.1. The number of para-hydroxylation sites is 1. The minimum atomic E-state index is -0.228. The molecule has 0 unspecified atom stereocenters. The van der Waals surface area contributed by atoms with Crippen LogP contribution >= 0.6 is 23.2 Å². The van der Waals surface area contributed by atoms with Crippen LogP contribution in [-0.4, -0.2) is 5.97 Å². The number of esters is 1. The fourth-order valence-corrected chi connectivity index (χ4v) is 3.81. The van der Waals surface area contributed by atoms with Crippen LogP contribution in [0.1, 0.15) is 26.3 Å². The van der Waals surface area contributed by atoms with Crippen molar-refractivity contribution < 1.29 is 14.3 Å². The van der Waals surface area contributed by atoms with Crippen LogP contribution in [0.2, 0.25) is 0 Å². The summed E-state index contributed by atoms with van der Waals surface area (Å²) in [6.45, 7) is 6.11. The Morgan fingerprint density at radius 3 is 2.33 bits per heavy atom. The Balaban J connectivity index is 1.61. The van der Waals surface area contributed by atoms with E-state index in [4.69, 9.17) is 32.7 Å². The number of allylic oxidation sites excluding steroid dienone is 1. The van der Waals surface area contributed by atoms with Crippen LogP contribution in [0, 0.1) is 17.3 Å². The molecule has 3 rings (SSSR count). The molecule has 3 nitrogen and oxygen atoms in total. The predicted molar refractivity (Wildman–Crippen MR) is 108 cm³/mol. The normalized spacial score (nSPS) is 19.9. The first-order chi connectivity index (χ1) is 12.8. The highest BCUT2D eigenvalue weighted by Crippen LogP contribution is 2.63. The molecule has 1 aliphatic carbocycles. The molecule has 2 aromatic carbocycles. The number of hydrogen-bond donors (Lipinski definition) is 0. The van der Waals surface area contributed by atoms with Crippen molar-refractivity contribution in [2.45, 2.75) is 27.4 Å². The van der Waals surface area contributed by atoms with Crippen LogP contribution in [0.4, 0.5) is 0 Å². The molecule has 0 aromatic heterocycles. The lowest BCUT2D eigenvalue weighted by atomic mass is 10.1. The van der Waals surface area contributed by atoms with Crippen LogP contribution < -0.4 is 4.74 Å². The van der Waals surface area contributed by atoms with E-state index in [0.717, 1.165) is 16.9 Å². The van der Waals surface area contributed by atoms with Crippen LogP contribution in [0.5, 0.6) is 11.5 Å². The van der Waals surface area contributed by atoms with Gasteiger partial charge in [0, 0.05) is 5.92 Å². The summed E-state index contributed by atoms with van der Waals surface area (Å²) in [6.07, 6.45) is 0. The molecule has 5 heteroatoms. The third kappa shape index (κ3) is 4.48. The summed E-state index contributed by atoms with van der Waals surface area (Å²) in [5.41, 5.74) is 1.51. The SMILES string of the molecule is CC(=C(Cl)Cl)[C@@H]1[C@H](C(=O)OCc2cccc(Oc3ccccc3)c2)C1(C)C. The topological polar surface area (TPSA) is 35.5 Å². The second kappa shape index (κ2) is 7.95. The number of carbonyl (C=O) groups excluding carboxylic acids is 1. The highest BCUT2D eigenvalue weighted by Gasteiger charge is 2.63. The largest absolute Gasteiger partial charge is 0.461 e. The quantitative estimate of drug-likeness (QED) is 0.515. The van der Waals surface area contributed by atoms with E-state index in [9.17, 15) is 4.79 Å². The van der Waals surface area contributed by atoms with Gasteiger partial charge in [0.15, 0.2) is 0 Å². The summed E-state index contributed by atoms with van der Waals surface area (Å²) in [7, 11) is 0. The van der Waals surface area contributed by atoms with Crippen LogP contribution in [0.25, 0.3) is 0 Å². The Hall–Kier alpha value is -1.97. The van der Waals surface area contributed by atoms with Gasteiger partial charge < -0.3 is 9.47 Å². The molecule has 0 bridgehead atoms. The van der Waals surface area contributed by atoms with Gasteiger partial charge in [0.1, 0.15) is 22.6 Å². The lowest BCUT2D eigenvalue weighted by molar-refractivity contribution is -0.147. The third-order valence-corrected chi connectivity index (χ3v) is 5.70. The summed E-state index contributed by atoms with van der Waals surface area (Å²) in [5, 5.41) is 0. The van der Waals surface area contributed by atoms with Crippen molar-refractivity contribution in [3.8, 4) is 11.5 Å². The summed E-state index contributed by atoms with van der Waals surface area (Å²) in [5.74, 6) is 1.02. The molecule has 2 atom stereocenters. The Kier molecular flexibility index (Phi) is 5.83. The number of benzene rings is 2. The maximum absolute atomic E-state index is 12.5. The zero-order chi connectivity index (χ0) is 19.6. The number of carbonyl (C=O) groups is 1. The number of rotatable bonds is 6. The van der Waals surface area contributed by atoms with E-state index in [1.165, 1.54) is 0 Å². The van der Waals surface area contributed by atoms with E-state index in [1.54, 1.807) is 0 Å². The van der Waals surface area contributed by atoms with Crippen molar-refractivity contribution in [1.29, 1.82) is 0 Å². The van der Waals surface area contributed by atoms with Crippen LogP contribution in [-0.2, 0) is 16.1 Å². The van der Waals surface area contributed by atoms with Crippen LogP contribution in [0.15, 0.2) is 64.7 Å². The maximum atomic E-state index is 12.5. The van der Waals surface area contributed by atoms with E-state index < -0.39 is 0 Å². The third-order valence-electron chi connectivity index (χ3n) is 5.10. The van der Waals surface area contributed by atoms with Gasteiger partial charge in [0.25, 0.3) is 0 Å². The maximum Gasteiger partial charge on any atom is 0.310 e. The lowest BCUT2D eigenvalue weighted by Gasteiger charge is -2.09. The fraction of sp³-hybridized carbons (Fsp3) is 0.318. The van der Waals surface area contributed by atoms with Crippen molar-refractivity contribution in [3.63, 3.8) is 0 Å². The van der Waals surface area contributed by atoms with Gasteiger partial charge >= 0.3 is 5.97 Å². The average molecular weight is 405 g/mol. The van der Waals surface area contributed by atoms with Gasteiger partial charge in [-0.2, -0.15) is 0 Å². The molecule has 0 saturated heterocycles. The summed E-state index contributed by atoms with van der Waals surface area (Å²) >= 11 is 11.8. The first kappa shape index (κ1) is 19.8. The summed E-state index contributed by atoms with van der Waals surface area (Å²) in [4.78, 5) is 12.5. The molecule has 0 aliphatic heterocycles.